The fraction of sp³-hybridized carbons (Fsp3) is 0.292. The minimum Gasteiger partial charge on any atom is -0.465 e. The van der Waals surface area contributed by atoms with Gasteiger partial charge < -0.3 is 20.7 Å². The first-order valence-corrected chi connectivity index (χ1v) is 10.5. The Kier molecular flexibility index (Phi) is 6.31. The second-order valence-electron chi connectivity index (χ2n) is 7.74. The highest BCUT2D eigenvalue weighted by Gasteiger charge is 2.23. The van der Waals surface area contributed by atoms with E-state index in [0.29, 0.717) is 28.7 Å². The van der Waals surface area contributed by atoms with Crippen LogP contribution in [0.3, 0.4) is 0 Å². The van der Waals surface area contributed by atoms with Crippen LogP contribution < -0.4 is 16.0 Å². The molecular weight excluding hydrogens is 390 g/mol. The Morgan fingerprint density at radius 1 is 1.10 bits per heavy atom. The van der Waals surface area contributed by atoms with Gasteiger partial charge in [-0.3, -0.25) is 0 Å². The first-order chi connectivity index (χ1) is 15.2. The molecule has 1 aromatic heterocycles. The molecule has 0 unspecified atom stereocenters. The zero-order valence-corrected chi connectivity index (χ0v) is 17.6. The van der Waals surface area contributed by atoms with Crippen molar-refractivity contribution in [2.75, 3.05) is 36.1 Å². The van der Waals surface area contributed by atoms with E-state index in [9.17, 15) is 4.79 Å². The third kappa shape index (κ3) is 4.77. The van der Waals surface area contributed by atoms with Crippen LogP contribution in [0.4, 0.5) is 23.0 Å². The number of hydrogen-bond acceptors (Lipinski definition) is 7. The Morgan fingerprint density at radius 2 is 1.81 bits per heavy atom. The highest BCUT2D eigenvalue weighted by molar-refractivity contribution is 5.97. The van der Waals surface area contributed by atoms with Crippen LogP contribution >= 0.6 is 0 Å². The van der Waals surface area contributed by atoms with Gasteiger partial charge in [0.1, 0.15) is 12.0 Å². The number of hydrogen-bond donors (Lipinski definition) is 2. The molecular formula is C24H27N5O2. The third-order valence-corrected chi connectivity index (χ3v) is 5.73. The van der Waals surface area contributed by atoms with E-state index in [1.54, 1.807) is 18.2 Å². The maximum absolute atomic E-state index is 12.1. The number of benzene rings is 2. The van der Waals surface area contributed by atoms with Crippen LogP contribution in [-0.4, -0.2) is 36.1 Å². The molecule has 2 aromatic carbocycles. The molecule has 7 heteroatoms. The molecule has 0 atom stereocenters. The summed E-state index contributed by atoms with van der Waals surface area (Å²) in [4.78, 5) is 23.0. The van der Waals surface area contributed by atoms with Gasteiger partial charge in [-0.05, 0) is 42.9 Å². The largest absolute Gasteiger partial charge is 0.465 e. The number of carbonyl (C=O) groups excluding carboxylic acids is 1. The van der Waals surface area contributed by atoms with Crippen LogP contribution in [0.2, 0.25) is 0 Å². The van der Waals surface area contributed by atoms with E-state index in [-0.39, 0.29) is 0 Å². The lowest BCUT2D eigenvalue weighted by Crippen LogP contribution is -2.35. The molecule has 0 aliphatic carbocycles. The summed E-state index contributed by atoms with van der Waals surface area (Å²) in [6.07, 6.45) is 4.79. The van der Waals surface area contributed by atoms with E-state index in [0.717, 1.165) is 38.2 Å². The fourth-order valence-corrected chi connectivity index (χ4v) is 4.04. The van der Waals surface area contributed by atoms with Gasteiger partial charge in [-0.15, -0.1) is 0 Å². The van der Waals surface area contributed by atoms with Crippen LogP contribution in [0, 0.1) is 5.92 Å². The minimum atomic E-state index is -0.420. The van der Waals surface area contributed by atoms with Gasteiger partial charge >= 0.3 is 5.97 Å². The van der Waals surface area contributed by atoms with Crippen LogP contribution in [0.15, 0.2) is 60.9 Å². The summed E-state index contributed by atoms with van der Waals surface area (Å²) in [5.74, 6) is 1.45. The molecule has 0 radical (unpaired) electrons. The monoisotopic (exact) mass is 417 g/mol. The van der Waals surface area contributed by atoms with Gasteiger partial charge in [0.05, 0.1) is 18.4 Å². The van der Waals surface area contributed by atoms with Crippen molar-refractivity contribution >= 4 is 29.0 Å². The molecule has 3 N–H and O–H groups in total. The van der Waals surface area contributed by atoms with Gasteiger partial charge in [-0.1, -0.05) is 42.5 Å². The van der Waals surface area contributed by atoms with Gasteiger partial charge in [0, 0.05) is 13.1 Å². The molecule has 160 valence electrons. The molecule has 0 amide bonds. The van der Waals surface area contributed by atoms with Crippen LogP contribution in [0.25, 0.3) is 0 Å². The second-order valence-corrected chi connectivity index (χ2v) is 7.74. The Hall–Kier alpha value is -3.61. The van der Waals surface area contributed by atoms with Gasteiger partial charge in [-0.2, -0.15) is 0 Å². The SMILES string of the molecule is COC(=O)c1ccccc1Nc1ncnc(N2CCC(Cc3ccccc3)CC2)c1N. The average Bonchev–Trinajstić information content (AvgIpc) is 2.81. The standard InChI is InChI=1S/C24H27N5O2/c1-31-24(30)19-9-5-6-10-20(19)28-22-21(25)23(27-16-26-22)29-13-11-18(12-14-29)15-17-7-3-2-4-8-17/h2-10,16,18H,11-15,25H2,1H3,(H,26,27,28). The van der Waals surface area contributed by atoms with Crippen molar-refractivity contribution in [2.24, 2.45) is 5.92 Å². The summed E-state index contributed by atoms with van der Waals surface area (Å²) in [5.41, 5.74) is 9.31. The number of nitrogens with two attached hydrogens (primary N) is 1. The zero-order valence-electron chi connectivity index (χ0n) is 17.6. The summed E-state index contributed by atoms with van der Waals surface area (Å²) in [6, 6.07) is 17.7. The second kappa shape index (κ2) is 9.47. The summed E-state index contributed by atoms with van der Waals surface area (Å²) >= 11 is 0. The topological polar surface area (TPSA) is 93.4 Å². The molecule has 2 heterocycles. The number of esters is 1. The quantitative estimate of drug-likeness (QED) is 0.585. The van der Waals surface area contributed by atoms with Gasteiger partial charge in [-0.25, -0.2) is 14.8 Å². The molecule has 3 aromatic rings. The first-order valence-electron chi connectivity index (χ1n) is 10.5. The van der Waals surface area contributed by atoms with Crippen molar-refractivity contribution < 1.29 is 9.53 Å². The maximum atomic E-state index is 12.1. The number of aromatic nitrogens is 2. The minimum absolute atomic E-state index is 0.420. The van der Waals surface area contributed by atoms with Crippen molar-refractivity contribution in [3.8, 4) is 0 Å². The number of anilines is 4. The summed E-state index contributed by atoms with van der Waals surface area (Å²) < 4.78 is 4.87. The van der Waals surface area contributed by atoms with Crippen molar-refractivity contribution in [3.05, 3.63) is 72.1 Å². The number of nitrogens with one attached hydrogen (secondary N) is 1. The van der Waals surface area contributed by atoms with Crippen molar-refractivity contribution in [2.45, 2.75) is 19.3 Å². The van der Waals surface area contributed by atoms with E-state index >= 15 is 0 Å². The predicted molar refractivity (Wildman–Crippen MR) is 123 cm³/mol. The Bertz CT molecular complexity index is 1030. The fourth-order valence-electron chi connectivity index (χ4n) is 4.04. The van der Waals surface area contributed by atoms with Gasteiger partial charge in [0.25, 0.3) is 0 Å². The molecule has 1 aliphatic rings. The molecule has 4 rings (SSSR count). The number of nitrogen functional groups attached to an aromatic ring is 1. The smallest absolute Gasteiger partial charge is 0.339 e. The normalized spacial score (nSPS) is 14.3. The van der Waals surface area contributed by atoms with E-state index in [2.05, 4.69) is 50.5 Å². The molecule has 0 saturated carbocycles. The molecule has 7 nitrogen and oxygen atoms in total. The van der Waals surface area contributed by atoms with Crippen molar-refractivity contribution in [1.29, 1.82) is 0 Å². The predicted octanol–water partition coefficient (Wildman–Crippen LogP) is 4.05. The van der Waals surface area contributed by atoms with Gasteiger partial charge in [0.2, 0.25) is 0 Å². The molecule has 1 aliphatic heterocycles. The molecule has 1 fully saturated rings. The number of rotatable bonds is 6. The summed E-state index contributed by atoms with van der Waals surface area (Å²) in [6.45, 7) is 1.80. The van der Waals surface area contributed by atoms with Crippen LogP contribution in [-0.2, 0) is 11.2 Å². The highest BCUT2D eigenvalue weighted by Crippen LogP contribution is 2.32. The molecule has 31 heavy (non-hydrogen) atoms. The zero-order chi connectivity index (χ0) is 21.6. The number of nitrogens with zero attached hydrogens (tertiary/aromatic N) is 3. The lowest BCUT2D eigenvalue weighted by molar-refractivity contribution is 0.0602. The Labute approximate surface area is 182 Å². The van der Waals surface area contributed by atoms with Gasteiger partial charge in [0.15, 0.2) is 11.6 Å². The van der Waals surface area contributed by atoms with Crippen LogP contribution in [0.1, 0.15) is 28.8 Å². The third-order valence-electron chi connectivity index (χ3n) is 5.73. The Morgan fingerprint density at radius 3 is 2.55 bits per heavy atom. The van der Waals surface area contributed by atoms with E-state index in [4.69, 9.17) is 10.5 Å². The number of para-hydroxylation sites is 1. The van der Waals surface area contributed by atoms with Crippen molar-refractivity contribution in [1.82, 2.24) is 9.97 Å². The summed E-state index contributed by atoms with van der Waals surface area (Å²) in [5, 5.41) is 3.17. The number of piperidine rings is 1. The average molecular weight is 418 g/mol. The first kappa shape index (κ1) is 20.7. The molecule has 0 bridgehead atoms. The maximum Gasteiger partial charge on any atom is 0.339 e. The Balaban J connectivity index is 1.46. The number of methoxy groups -OCH3 is 1. The van der Waals surface area contributed by atoms with Crippen molar-refractivity contribution in [3.63, 3.8) is 0 Å². The molecule has 1 saturated heterocycles. The number of ether oxygens (including phenoxy) is 1. The molecule has 0 spiro atoms. The number of carbonyl (C=O) groups is 1. The highest BCUT2D eigenvalue weighted by atomic mass is 16.5. The van der Waals surface area contributed by atoms with E-state index < -0.39 is 5.97 Å². The van der Waals surface area contributed by atoms with Crippen LogP contribution in [0.5, 0.6) is 0 Å². The van der Waals surface area contributed by atoms with E-state index in [1.807, 2.05) is 6.07 Å². The lowest BCUT2D eigenvalue weighted by atomic mass is 9.90. The lowest BCUT2D eigenvalue weighted by Gasteiger charge is -2.33. The summed E-state index contributed by atoms with van der Waals surface area (Å²) in [7, 11) is 1.36. The van der Waals surface area contributed by atoms with E-state index in [1.165, 1.54) is 19.0 Å².